The van der Waals surface area contributed by atoms with Crippen LogP contribution in [-0.4, -0.2) is 29.7 Å². The van der Waals surface area contributed by atoms with E-state index >= 15 is 0 Å². The van der Waals surface area contributed by atoms with Gasteiger partial charge >= 0.3 is 0 Å². The van der Waals surface area contributed by atoms with E-state index in [1.807, 2.05) is 32.9 Å². The van der Waals surface area contributed by atoms with Crippen LogP contribution in [0.2, 0.25) is 0 Å². The molecule has 0 fully saturated rings. The molecule has 0 bridgehead atoms. The lowest BCUT2D eigenvalue weighted by Crippen LogP contribution is -2.04. The number of aromatic amines is 1. The number of hydrogen-bond acceptors (Lipinski definition) is 5. The molecule has 0 aliphatic rings. The summed E-state index contributed by atoms with van der Waals surface area (Å²) >= 11 is 0. The van der Waals surface area contributed by atoms with E-state index in [4.69, 9.17) is 19.7 Å². The van der Waals surface area contributed by atoms with Gasteiger partial charge in [0.25, 0.3) is 0 Å². The van der Waals surface area contributed by atoms with Crippen LogP contribution < -0.4 is 10.5 Å². The van der Waals surface area contributed by atoms with Crippen molar-refractivity contribution in [3.63, 3.8) is 0 Å². The highest BCUT2D eigenvalue weighted by Gasteiger charge is 2.20. The molecule has 1 aromatic carbocycles. The van der Waals surface area contributed by atoms with Crippen LogP contribution in [0.5, 0.6) is 5.75 Å². The number of ether oxygens (including phenoxy) is 2. The highest BCUT2D eigenvalue weighted by atomic mass is 16.5. The first-order valence-corrected chi connectivity index (χ1v) is 8.50. The molecule has 7 heteroatoms. The van der Waals surface area contributed by atoms with Crippen LogP contribution in [0, 0.1) is 13.8 Å². The van der Waals surface area contributed by atoms with Crippen LogP contribution in [-0.2, 0) is 11.3 Å². The van der Waals surface area contributed by atoms with Gasteiger partial charge in [-0.1, -0.05) is 5.16 Å². The van der Waals surface area contributed by atoms with Gasteiger partial charge in [0.1, 0.15) is 17.3 Å². The summed E-state index contributed by atoms with van der Waals surface area (Å²) in [4.78, 5) is 7.76. The molecule has 2 aromatic heterocycles. The number of hydrogen-bond donors (Lipinski definition) is 2. The van der Waals surface area contributed by atoms with Gasteiger partial charge in [0.2, 0.25) is 0 Å². The molecular formula is C19H24N4O3. The van der Waals surface area contributed by atoms with Gasteiger partial charge in [-0.15, -0.1) is 0 Å². The van der Waals surface area contributed by atoms with Crippen LogP contribution in [0.1, 0.15) is 30.9 Å². The predicted octanol–water partition coefficient (Wildman–Crippen LogP) is 3.99. The normalized spacial score (nSPS) is 12.1. The van der Waals surface area contributed by atoms with E-state index in [1.165, 1.54) is 0 Å². The molecular weight excluding hydrogens is 332 g/mol. The summed E-state index contributed by atoms with van der Waals surface area (Å²) in [6, 6.07) is 4.02. The van der Waals surface area contributed by atoms with Crippen molar-refractivity contribution in [2.24, 2.45) is 10.7 Å². The number of fused-ring (bicyclic) bond motifs is 1. The Kier molecular flexibility index (Phi) is 4.99. The Morgan fingerprint density at radius 3 is 2.69 bits per heavy atom. The standard InChI is InChI=1S/C19H24N4O3/c1-6-25-9-15-13-8-17(24-5)14(18-10(2)23-26-11(18)3)7-16(13)22-19(15)21-12(4)20/h7-8,22H,6,9H2,1-5H3,(H2,20,21). The molecule has 7 nitrogen and oxygen atoms in total. The first-order chi connectivity index (χ1) is 12.5. The van der Waals surface area contributed by atoms with Gasteiger partial charge in [0, 0.05) is 28.6 Å². The number of H-pyrrole nitrogens is 1. The molecule has 3 rings (SSSR count). The third-order valence-electron chi connectivity index (χ3n) is 4.25. The van der Waals surface area contributed by atoms with E-state index in [1.54, 1.807) is 14.0 Å². The number of nitrogens with zero attached hydrogens (tertiary/aromatic N) is 2. The molecule has 0 amide bonds. The molecule has 0 saturated carbocycles. The highest BCUT2D eigenvalue weighted by molar-refractivity contribution is 5.95. The average Bonchev–Trinajstić information content (AvgIpc) is 3.10. The van der Waals surface area contributed by atoms with Crippen molar-refractivity contribution in [3.8, 4) is 16.9 Å². The number of aromatic nitrogens is 2. The summed E-state index contributed by atoms with van der Waals surface area (Å²) in [5, 5.41) is 5.04. The largest absolute Gasteiger partial charge is 0.496 e. The van der Waals surface area contributed by atoms with Crippen molar-refractivity contribution in [3.05, 3.63) is 29.2 Å². The van der Waals surface area contributed by atoms with Crippen LogP contribution in [0.4, 0.5) is 5.82 Å². The lowest BCUT2D eigenvalue weighted by atomic mass is 10.0. The number of aryl methyl sites for hydroxylation is 2. The molecule has 0 aliphatic heterocycles. The second kappa shape index (κ2) is 7.21. The Bertz CT molecular complexity index is 945. The van der Waals surface area contributed by atoms with E-state index in [0.29, 0.717) is 24.9 Å². The van der Waals surface area contributed by atoms with Crippen molar-refractivity contribution in [1.29, 1.82) is 0 Å². The van der Waals surface area contributed by atoms with Gasteiger partial charge in [-0.05, 0) is 39.8 Å². The van der Waals surface area contributed by atoms with Crippen molar-refractivity contribution >= 4 is 22.6 Å². The molecule has 3 N–H and O–H groups in total. The van der Waals surface area contributed by atoms with Gasteiger partial charge in [-0.25, -0.2) is 4.99 Å². The van der Waals surface area contributed by atoms with Gasteiger partial charge < -0.3 is 24.7 Å². The zero-order valence-corrected chi connectivity index (χ0v) is 15.8. The van der Waals surface area contributed by atoms with E-state index in [0.717, 1.165) is 44.8 Å². The number of aliphatic imine (C=N–C) groups is 1. The molecule has 0 unspecified atom stereocenters. The number of nitrogens with one attached hydrogen (secondary N) is 1. The van der Waals surface area contributed by atoms with E-state index in [9.17, 15) is 0 Å². The van der Waals surface area contributed by atoms with Crippen LogP contribution >= 0.6 is 0 Å². The Morgan fingerprint density at radius 2 is 2.12 bits per heavy atom. The quantitative estimate of drug-likeness (QED) is 0.514. The number of amidine groups is 1. The predicted molar refractivity (Wildman–Crippen MR) is 102 cm³/mol. The minimum Gasteiger partial charge on any atom is -0.496 e. The van der Waals surface area contributed by atoms with Gasteiger partial charge in [0.15, 0.2) is 0 Å². The number of nitrogens with two attached hydrogens (primary N) is 1. The highest BCUT2D eigenvalue weighted by Crippen LogP contribution is 2.40. The second-order valence-electron chi connectivity index (χ2n) is 6.14. The Hall–Kier alpha value is -2.80. The van der Waals surface area contributed by atoms with Crippen LogP contribution in [0.25, 0.3) is 22.0 Å². The van der Waals surface area contributed by atoms with E-state index in [-0.39, 0.29) is 0 Å². The molecule has 0 spiro atoms. The third kappa shape index (κ3) is 3.17. The molecule has 138 valence electrons. The number of rotatable bonds is 6. The summed E-state index contributed by atoms with van der Waals surface area (Å²) < 4.78 is 16.6. The maximum Gasteiger partial charge on any atom is 0.141 e. The topological polar surface area (TPSA) is 98.7 Å². The van der Waals surface area contributed by atoms with Gasteiger partial charge in [-0.3, -0.25) is 0 Å². The van der Waals surface area contributed by atoms with E-state index in [2.05, 4.69) is 15.1 Å². The van der Waals surface area contributed by atoms with Gasteiger partial charge in [0.05, 0.1) is 30.8 Å². The Balaban J connectivity index is 2.26. The van der Waals surface area contributed by atoms with Gasteiger partial charge in [-0.2, -0.15) is 0 Å². The molecule has 2 heterocycles. The van der Waals surface area contributed by atoms with Crippen molar-refractivity contribution < 1.29 is 14.0 Å². The fourth-order valence-electron chi connectivity index (χ4n) is 3.12. The molecule has 26 heavy (non-hydrogen) atoms. The van der Waals surface area contributed by atoms with Crippen LogP contribution in [0.15, 0.2) is 21.6 Å². The lowest BCUT2D eigenvalue weighted by molar-refractivity contribution is 0.135. The zero-order valence-electron chi connectivity index (χ0n) is 15.8. The second-order valence-corrected chi connectivity index (χ2v) is 6.14. The summed E-state index contributed by atoms with van der Waals surface area (Å²) in [6.45, 7) is 8.58. The summed E-state index contributed by atoms with van der Waals surface area (Å²) in [5.41, 5.74) is 10.3. The monoisotopic (exact) mass is 356 g/mol. The summed E-state index contributed by atoms with van der Waals surface area (Å²) in [7, 11) is 1.65. The fourth-order valence-corrected chi connectivity index (χ4v) is 3.12. The Labute approximate surface area is 152 Å². The average molecular weight is 356 g/mol. The summed E-state index contributed by atoms with van der Waals surface area (Å²) in [5.74, 6) is 2.67. The fraction of sp³-hybridized carbons (Fsp3) is 0.368. The molecule has 0 aliphatic carbocycles. The smallest absolute Gasteiger partial charge is 0.141 e. The lowest BCUT2D eigenvalue weighted by Gasteiger charge is -2.09. The first-order valence-electron chi connectivity index (χ1n) is 8.50. The zero-order chi connectivity index (χ0) is 18.8. The van der Waals surface area contributed by atoms with Crippen molar-refractivity contribution in [1.82, 2.24) is 10.1 Å². The number of methoxy groups -OCH3 is 1. The third-order valence-corrected chi connectivity index (χ3v) is 4.25. The molecule has 3 aromatic rings. The first kappa shape index (κ1) is 18.0. The summed E-state index contributed by atoms with van der Waals surface area (Å²) in [6.07, 6.45) is 0. The maximum atomic E-state index is 5.79. The minimum atomic E-state index is 0.441. The van der Waals surface area contributed by atoms with Crippen molar-refractivity contribution in [2.45, 2.75) is 34.3 Å². The minimum absolute atomic E-state index is 0.441. The SMILES string of the molecule is CCOCc1c(N=C(C)N)[nH]c2cc(-c3c(C)noc3C)c(OC)cc12. The van der Waals surface area contributed by atoms with E-state index < -0.39 is 0 Å². The molecule has 0 atom stereocenters. The maximum absolute atomic E-state index is 5.79. The van der Waals surface area contributed by atoms with Crippen molar-refractivity contribution in [2.75, 3.05) is 13.7 Å². The number of benzene rings is 1. The Morgan fingerprint density at radius 1 is 1.35 bits per heavy atom. The van der Waals surface area contributed by atoms with Crippen LogP contribution in [0.3, 0.4) is 0 Å². The molecule has 0 radical (unpaired) electrons. The molecule has 0 saturated heterocycles.